The molecule has 2 N–H and O–H groups in total. The van der Waals surface area contributed by atoms with Crippen molar-refractivity contribution in [3.63, 3.8) is 0 Å². The van der Waals surface area contributed by atoms with Crippen molar-refractivity contribution in [1.29, 1.82) is 0 Å². The first-order chi connectivity index (χ1) is 7.20. The van der Waals surface area contributed by atoms with E-state index in [4.69, 9.17) is 10.5 Å². The SMILES string of the molecule is COC(=O)c1ccc(OC2CC2)c(N)c1. The molecule has 0 atom stereocenters. The lowest BCUT2D eigenvalue weighted by Crippen LogP contribution is -2.04. The highest BCUT2D eigenvalue weighted by molar-refractivity contribution is 5.90. The van der Waals surface area contributed by atoms with Crippen LogP contribution in [0.3, 0.4) is 0 Å². The number of hydrogen-bond acceptors (Lipinski definition) is 4. The van der Waals surface area contributed by atoms with E-state index in [1.165, 1.54) is 7.11 Å². The zero-order chi connectivity index (χ0) is 10.8. The number of carbonyl (C=O) groups excluding carboxylic acids is 1. The molecule has 0 heterocycles. The minimum atomic E-state index is -0.389. The van der Waals surface area contributed by atoms with Crippen molar-refractivity contribution in [2.75, 3.05) is 12.8 Å². The zero-order valence-corrected chi connectivity index (χ0v) is 8.53. The van der Waals surface area contributed by atoms with E-state index in [9.17, 15) is 4.79 Å². The van der Waals surface area contributed by atoms with Gasteiger partial charge in [0.1, 0.15) is 5.75 Å². The normalized spacial score (nSPS) is 14.7. The Labute approximate surface area is 88.0 Å². The van der Waals surface area contributed by atoms with Crippen LogP contribution in [-0.2, 0) is 4.74 Å². The highest BCUT2D eigenvalue weighted by Crippen LogP contribution is 2.31. The predicted molar refractivity (Wildman–Crippen MR) is 55.8 cm³/mol. The number of nitrogens with two attached hydrogens (primary N) is 1. The molecule has 0 saturated heterocycles. The van der Waals surface area contributed by atoms with E-state index in [-0.39, 0.29) is 5.97 Å². The molecular weight excluding hydrogens is 194 g/mol. The Morgan fingerprint density at radius 3 is 2.73 bits per heavy atom. The topological polar surface area (TPSA) is 61.5 Å². The first-order valence-electron chi connectivity index (χ1n) is 4.85. The van der Waals surface area contributed by atoms with Crippen LogP contribution in [0.4, 0.5) is 5.69 Å². The molecule has 0 aromatic heterocycles. The van der Waals surface area contributed by atoms with Crippen molar-refractivity contribution in [3.8, 4) is 5.75 Å². The second-order valence-electron chi connectivity index (χ2n) is 3.56. The van der Waals surface area contributed by atoms with Crippen molar-refractivity contribution in [2.45, 2.75) is 18.9 Å². The van der Waals surface area contributed by atoms with Crippen LogP contribution in [0.1, 0.15) is 23.2 Å². The summed E-state index contributed by atoms with van der Waals surface area (Å²) in [6.45, 7) is 0. The fraction of sp³-hybridized carbons (Fsp3) is 0.364. The number of esters is 1. The number of anilines is 1. The summed E-state index contributed by atoms with van der Waals surface area (Å²) in [5.74, 6) is 0.254. The van der Waals surface area contributed by atoms with E-state index in [0.29, 0.717) is 23.1 Å². The van der Waals surface area contributed by atoms with Crippen molar-refractivity contribution < 1.29 is 14.3 Å². The summed E-state index contributed by atoms with van der Waals surface area (Å²) < 4.78 is 10.1. The third-order valence-electron chi connectivity index (χ3n) is 2.25. The Kier molecular flexibility index (Phi) is 2.49. The van der Waals surface area contributed by atoms with E-state index in [2.05, 4.69) is 4.74 Å². The molecular formula is C11H13NO3. The van der Waals surface area contributed by atoms with Crippen LogP contribution in [-0.4, -0.2) is 19.2 Å². The Balaban J connectivity index is 2.17. The van der Waals surface area contributed by atoms with E-state index >= 15 is 0 Å². The van der Waals surface area contributed by atoms with Crippen LogP contribution in [0.25, 0.3) is 0 Å². The fourth-order valence-corrected chi connectivity index (χ4v) is 1.27. The second kappa shape index (κ2) is 3.81. The molecule has 2 rings (SSSR count). The Morgan fingerprint density at radius 2 is 2.20 bits per heavy atom. The Bertz CT molecular complexity index is 385. The zero-order valence-electron chi connectivity index (χ0n) is 8.53. The van der Waals surface area contributed by atoms with Crippen molar-refractivity contribution in [1.82, 2.24) is 0 Å². The lowest BCUT2D eigenvalue weighted by atomic mass is 10.2. The summed E-state index contributed by atoms with van der Waals surface area (Å²) in [5.41, 5.74) is 6.68. The molecule has 1 saturated carbocycles. The van der Waals surface area contributed by atoms with Gasteiger partial charge in [-0.1, -0.05) is 0 Å². The highest BCUT2D eigenvalue weighted by Gasteiger charge is 2.24. The standard InChI is InChI=1S/C11H13NO3/c1-14-11(13)7-2-5-10(9(12)6-7)15-8-3-4-8/h2,5-6,8H,3-4,12H2,1H3. The lowest BCUT2D eigenvalue weighted by Gasteiger charge is -2.08. The molecule has 1 aromatic rings. The molecule has 0 aliphatic heterocycles. The summed E-state index contributed by atoms with van der Waals surface area (Å²) >= 11 is 0. The third-order valence-corrected chi connectivity index (χ3v) is 2.25. The fourth-order valence-electron chi connectivity index (χ4n) is 1.27. The van der Waals surface area contributed by atoms with Gasteiger partial charge >= 0.3 is 5.97 Å². The monoisotopic (exact) mass is 207 g/mol. The summed E-state index contributed by atoms with van der Waals surface area (Å²) in [5, 5.41) is 0. The van der Waals surface area contributed by atoms with Crippen molar-refractivity contribution >= 4 is 11.7 Å². The summed E-state index contributed by atoms with van der Waals surface area (Å²) in [6, 6.07) is 4.93. The van der Waals surface area contributed by atoms with Gasteiger partial charge in [-0.05, 0) is 31.0 Å². The van der Waals surface area contributed by atoms with Gasteiger partial charge in [0.05, 0.1) is 24.5 Å². The van der Waals surface area contributed by atoms with E-state index in [0.717, 1.165) is 12.8 Å². The molecule has 15 heavy (non-hydrogen) atoms. The largest absolute Gasteiger partial charge is 0.488 e. The number of rotatable bonds is 3. The van der Waals surface area contributed by atoms with Gasteiger partial charge in [0.2, 0.25) is 0 Å². The first kappa shape index (κ1) is 9.83. The van der Waals surface area contributed by atoms with Crippen LogP contribution >= 0.6 is 0 Å². The number of ether oxygens (including phenoxy) is 2. The molecule has 0 radical (unpaired) electrons. The van der Waals surface area contributed by atoms with E-state index in [1.54, 1.807) is 18.2 Å². The molecule has 0 bridgehead atoms. The molecule has 1 fully saturated rings. The van der Waals surface area contributed by atoms with Gasteiger partial charge in [0.25, 0.3) is 0 Å². The minimum Gasteiger partial charge on any atom is -0.488 e. The molecule has 4 heteroatoms. The Morgan fingerprint density at radius 1 is 1.47 bits per heavy atom. The van der Waals surface area contributed by atoms with Gasteiger partial charge in [0.15, 0.2) is 0 Å². The van der Waals surface area contributed by atoms with Gasteiger partial charge in [-0.15, -0.1) is 0 Å². The predicted octanol–water partition coefficient (Wildman–Crippen LogP) is 1.60. The quantitative estimate of drug-likeness (QED) is 0.604. The maximum atomic E-state index is 11.2. The number of carbonyl (C=O) groups is 1. The maximum absolute atomic E-state index is 11.2. The van der Waals surface area contributed by atoms with Crippen LogP contribution in [0.5, 0.6) is 5.75 Å². The van der Waals surface area contributed by atoms with Crippen LogP contribution < -0.4 is 10.5 Å². The van der Waals surface area contributed by atoms with Crippen LogP contribution in [0.15, 0.2) is 18.2 Å². The Hall–Kier alpha value is -1.71. The van der Waals surface area contributed by atoms with Gasteiger partial charge in [-0.2, -0.15) is 0 Å². The van der Waals surface area contributed by atoms with Crippen molar-refractivity contribution in [2.24, 2.45) is 0 Å². The second-order valence-corrected chi connectivity index (χ2v) is 3.56. The molecule has 0 unspecified atom stereocenters. The molecule has 0 spiro atoms. The summed E-state index contributed by atoms with van der Waals surface area (Å²) in [7, 11) is 1.34. The average Bonchev–Trinajstić information content (AvgIpc) is 3.04. The first-order valence-corrected chi connectivity index (χ1v) is 4.85. The van der Waals surface area contributed by atoms with Gasteiger partial charge < -0.3 is 15.2 Å². The molecule has 80 valence electrons. The van der Waals surface area contributed by atoms with Crippen LogP contribution in [0.2, 0.25) is 0 Å². The van der Waals surface area contributed by atoms with Crippen LogP contribution in [0, 0.1) is 0 Å². The summed E-state index contributed by atoms with van der Waals surface area (Å²) in [4.78, 5) is 11.2. The van der Waals surface area contributed by atoms with Gasteiger partial charge in [-0.25, -0.2) is 4.79 Å². The number of benzene rings is 1. The number of nitrogen functional groups attached to an aromatic ring is 1. The van der Waals surface area contributed by atoms with Gasteiger partial charge in [0, 0.05) is 0 Å². The lowest BCUT2D eigenvalue weighted by molar-refractivity contribution is 0.0601. The number of methoxy groups -OCH3 is 1. The van der Waals surface area contributed by atoms with E-state index < -0.39 is 0 Å². The third kappa shape index (κ3) is 2.21. The smallest absolute Gasteiger partial charge is 0.337 e. The number of hydrogen-bond donors (Lipinski definition) is 1. The molecule has 1 aliphatic rings. The molecule has 1 aliphatic carbocycles. The maximum Gasteiger partial charge on any atom is 0.337 e. The van der Waals surface area contributed by atoms with Gasteiger partial charge in [-0.3, -0.25) is 0 Å². The highest BCUT2D eigenvalue weighted by atomic mass is 16.5. The molecule has 1 aromatic carbocycles. The minimum absolute atomic E-state index is 0.302. The van der Waals surface area contributed by atoms with E-state index in [1.807, 2.05) is 0 Å². The van der Waals surface area contributed by atoms with Crippen molar-refractivity contribution in [3.05, 3.63) is 23.8 Å². The summed E-state index contributed by atoms with van der Waals surface area (Å²) in [6.07, 6.45) is 2.47. The average molecular weight is 207 g/mol. The molecule has 4 nitrogen and oxygen atoms in total. The molecule has 0 amide bonds.